The van der Waals surface area contributed by atoms with Gasteiger partial charge in [0.25, 0.3) is 0 Å². The number of nitrogens with zero attached hydrogens (tertiary/aromatic N) is 1. The van der Waals surface area contributed by atoms with Crippen molar-refractivity contribution in [3.63, 3.8) is 0 Å². The molecule has 3 aliphatic rings. The van der Waals surface area contributed by atoms with Gasteiger partial charge in [-0.05, 0) is 122 Å². The zero-order valence-corrected chi connectivity index (χ0v) is 30.6. The largest absolute Gasteiger partial charge is 0.456 e. The van der Waals surface area contributed by atoms with E-state index < -0.39 is 5.41 Å². The topological polar surface area (TPSA) is 16.4 Å². The second-order valence-electron chi connectivity index (χ2n) is 15.8. The Morgan fingerprint density at radius 2 is 1.13 bits per heavy atom. The van der Waals surface area contributed by atoms with E-state index in [1.54, 1.807) is 0 Å². The molecule has 1 spiro atoms. The summed E-state index contributed by atoms with van der Waals surface area (Å²) in [6.07, 6.45) is 6.59. The van der Waals surface area contributed by atoms with E-state index in [9.17, 15) is 0 Å². The molecule has 12 rings (SSSR count). The Morgan fingerprint density at radius 1 is 0.436 bits per heavy atom. The summed E-state index contributed by atoms with van der Waals surface area (Å²) in [6.45, 7) is 0. The first kappa shape index (κ1) is 31.0. The SMILES string of the molecule is c1ccc(N(c2ccc3c(c2)C2(c4ccccc4-3)c3ccc(C4CCCCC4)cc3-c3cccc4cccc2c34)c2ccc3c(c2)oc2ccccc23)cc1. The molecule has 0 saturated heterocycles. The molecule has 1 aromatic heterocycles. The van der Waals surface area contributed by atoms with Crippen molar-refractivity contribution in [3.8, 4) is 22.3 Å². The minimum Gasteiger partial charge on any atom is -0.456 e. The lowest BCUT2D eigenvalue weighted by atomic mass is 9.61. The van der Waals surface area contributed by atoms with Gasteiger partial charge in [-0.1, -0.05) is 141 Å². The van der Waals surface area contributed by atoms with Gasteiger partial charge in [0.1, 0.15) is 11.2 Å². The molecule has 0 radical (unpaired) electrons. The monoisotopic (exact) mass is 705 g/mol. The third kappa shape index (κ3) is 4.37. The first-order valence-corrected chi connectivity index (χ1v) is 20.0. The molecule has 1 unspecified atom stereocenters. The van der Waals surface area contributed by atoms with Crippen LogP contribution < -0.4 is 4.90 Å². The minimum atomic E-state index is -0.485. The summed E-state index contributed by atoms with van der Waals surface area (Å²) in [5.41, 5.74) is 16.9. The maximum Gasteiger partial charge on any atom is 0.137 e. The second kappa shape index (κ2) is 11.8. The van der Waals surface area contributed by atoms with Crippen LogP contribution >= 0.6 is 0 Å². The lowest BCUT2D eigenvalue weighted by Gasteiger charge is -2.41. The fourth-order valence-corrected chi connectivity index (χ4v) is 10.7. The average Bonchev–Trinajstić information content (AvgIpc) is 3.76. The van der Waals surface area contributed by atoms with Gasteiger partial charge in [0.15, 0.2) is 0 Å². The average molecular weight is 706 g/mol. The van der Waals surface area contributed by atoms with Crippen LogP contribution in [0.15, 0.2) is 174 Å². The smallest absolute Gasteiger partial charge is 0.137 e. The molecule has 0 amide bonds. The lowest BCUT2D eigenvalue weighted by molar-refractivity contribution is 0.443. The van der Waals surface area contributed by atoms with Crippen LogP contribution in [-0.4, -0.2) is 0 Å². The molecule has 2 heteroatoms. The number of hydrogen-bond acceptors (Lipinski definition) is 2. The Bertz CT molecular complexity index is 2980. The van der Waals surface area contributed by atoms with Gasteiger partial charge < -0.3 is 9.32 Å². The van der Waals surface area contributed by atoms with Gasteiger partial charge in [0, 0.05) is 33.9 Å². The van der Waals surface area contributed by atoms with E-state index >= 15 is 0 Å². The van der Waals surface area contributed by atoms with Crippen molar-refractivity contribution in [2.45, 2.75) is 43.4 Å². The fourth-order valence-electron chi connectivity index (χ4n) is 10.7. The van der Waals surface area contributed by atoms with Gasteiger partial charge in [0.2, 0.25) is 0 Å². The molecule has 262 valence electrons. The highest BCUT2D eigenvalue weighted by Crippen LogP contribution is 2.62. The van der Waals surface area contributed by atoms with E-state index in [1.807, 2.05) is 6.07 Å². The fraction of sp³-hybridized carbons (Fsp3) is 0.132. The van der Waals surface area contributed by atoms with Crippen LogP contribution in [0.2, 0.25) is 0 Å². The highest BCUT2D eigenvalue weighted by Gasteiger charge is 2.50. The van der Waals surface area contributed by atoms with E-state index in [2.05, 4.69) is 169 Å². The Morgan fingerprint density at radius 3 is 2.04 bits per heavy atom. The number of fused-ring (bicyclic) bond motifs is 12. The Kier molecular flexibility index (Phi) is 6.66. The van der Waals surface area contributed by atoms with Crippen molar-refractivity contribution in [1.82, 2.24) is 0 Å². The number of rotatable bonds is 4. The van der Waals surface area contributed by atoms with E-state index in [-0.39, 0.29) is 0 Å². The van der Waals surface area contributed by atoms with E-state index in [0.29, 0.717) is 5.92 Å². The predicted octanol–water partition coefficient (Wildman–Crippen LogP) is 14.6. The molecular weight excluding hydrogens is 667 g/mol. The van der Waals surface area contributed by atoms with Crippen molar-refractivity contribution >= 4 is 49.8 Å². The first-order valence-electron chi connectivity index (χ1n) is 20.0. The molecule has 1 fully saturated rings. The number of furan rings is 1. The van der Waals surface area contributed by atoms with Crippen LogP contribution in [0.3, 0.4) is 0 Å². The Labute approximate surface area is 321 Å². The summed E-state index contributed by atoms with van der Waals surface area (Å²) in [5.74, 6) is 0.629. The van der Waals surface area contributed by atoms with Gasteiger partial charge in [-0.2, -0.15) is 0 Å². The molecule has 2 nitrogen and oxygen atoms in total. The molecular formula is C53H39NO. The van der Waals surface area contributed by atoms with E-state index in [4.69, 9.17) is 4.42 Å². The number of anilines is 3. The highest BCUT2D eigenvalue weighted by atomic mass is 16.3. The van der Waals surface area contributed by atoms with Gasteiger partial charge in [-0.25, -0.2) is 0 Å². The summed E-state index contributed by atoms with van der Waals surface area (Å²) in [5, 5.41) is 4.95. The molecule has 3 aliphatic carbocycles. The van der Waals surface area contributed by atoms with Gasteiger partial charge >= 0.3 is 0 Å². The summed E-state index contributed by atoms with van der Waals surface area (Å²) in [7, 11) is 0. The Balaban J connectivity index is 1.14. The number of benzene rings is 8. The quantitative estimate of drug-likeness (QED) is 0.181. The minimum absolute atomic E-state index is 0.485. The van der Waals surface area contributed by atoms with Crippen LogP contribution in [0, 0.1) is 0 Å². The summed E-state index contributed by atoms with van der Waals surface area (Å²) in [4.78, 5) is 2.40. The van der Waals surface area contributed by atoms with Crippen molar-refractivity contribution in [2.24, 2.45) is 0 Å². The third-order valence-electron chi connectivity index (χ3n) is 13.0. The van der Waals surface area contributed by atoms with Crippen LogP contribution in [0.25, 0.3) is 55.0 Å². The van der Waals surface area contributed by atoms with Crippen molar-refractivity contribution < 1.29 is 4.42 Å². The van der Waals surface area contributed by atoms with Crippen molar-refractivity contribution in [1.29, 1.82) is 0 Å². The summed E-state index contributed by atoms with van der Waals surface area (Å²) >= 11 is 0. The van der Waals surface area contributed by atoms with Crippen molar-refractivity contribution in [2.75, 3.05) is 4.90 Å². The van der Waals surface area contributed by atoms with Crippen LogP contribution in [0.1, 0.15) is 65.8 Å². The molecule has 1 saturated carbocycles. The van der Waals surface area contributed by atoms with Gasteiger partial charge in [-0.3, -0.25) is 0 Å². The molecule has 1 heterocycles. The normalized spacial score (nSPS) is 17.1. The maximum atomic E-state index is 6.45. The van der Waals surface area contributed by atoms with Crippen LogP contribution in [0.5, 0.6) is 0 Å². The molecule has 0 aliphatic heterocycles. The zero-order valence-electron chi connectivity index (χ0n) is 30.6. The third-order valence-corrected chi connectivity index (χ3v) is 13.0. The number of hydrogen-bond donors (Lipinski definition) is 0. The van der Waals surface area contributed by atoms with Crippen LogP contribution in [-0.2, 0) is 5.41 Å². The highest BCUT2D eigenvalue weighted by molar-refractivity contribution is 6.08. The summed E-state index contributed by atoms with van der Waals surface area (Å²) < 4.78 is 6.45. The number of para-hydroxylation sites is 2. The standard InChI is InChI=1S/C53H39NO/c1-3-13-34(14-4-1)36-25-30-47-45(31-36)44-21-11-15-35-16-12-23-48(52(35)44)53(47)46-22-9-7-19-40(46)41-28-26-38(32-49(41)53)54(37-17-5-2-6-18-37)39-27-29-43-42-20-8-10-24-50(42)55-51(43)33-39/h2,5-12,15-34H,1,3-4,13-14H2. The molecule has 9 aromatic rings. The van der Waals surface area contributed by atoms with Gasteiger partial charge in [-0.15, -0.1) is 0 Å². The van der Waals surface area contributed by atoms with E-state index in [1.165, 1.54) is 92.9 Å². The Hall–Kier alpha value is -6.38. The molecule has 1 atom stereocenters. The maximum absolute atomic E-state index is 6.45. The zero-order chi connectivity index (χ0) is 36.1. The van der Waals surface area contributed by atoms with Crippen molar-refractivity contribution in [3.05, 3.63) is 198 Å². The second-order valence-corrected chi connectivity index (χ2v) is 15.8. The van der Waals surface area contributed by atoms with E-state index in [0.717, 1.165) is 39.0 Å². The van der Waals surface area contributed by atoms with Gasteiger partial charge in [0.05, 0.1) is 5.41 Å². The summed E-state index contributed by atoms with van der Waals surface area (Å²) in [6, 6.07) is 63.6. The molecule has 0 N–H and O–H groups in total. The lowest BCUT2D eigenvalue weighted by Crippen LogP contribution is -2.32. The molecule has 8 aromatic carbocycles. The molecule has 0 bridgehead atoms. The first-order chi connectivity index (χ1) is 27.3. The van der Waals surface area contributed by atoms with Crippen LogP contribution in [0.4, 0.5) is 17.1 Å². The predicted molar refractivity (Wildman–Crippen MR) is 228 cm³/mol. The molecule has 55 heavy (non-hydrogen) atoms.